The van der Waals surface area contributed by atoms with Crippen LogP contribution in [0.3, 0.4) is 0 Å². The number of amides is 1. The van der Waals surface area contributed by atoms with Crippen molar-refractivity contribution >= 4 is 11.6 Å². The molecule has 0 saturated carbocycles. The molecule has 1 amide bonds. The third-order valence-corrected chi connectivity index (χ3v) is 3.71. The zero-order valence-corrected chi connectivity index (χ0v) is 10.2. The van der Waals surface area contributed by atoms with Crippen molar-refractivity contribution in [1.29, 1.82) is 0 Å². The fourth-order valence-corrected chi connectivity index (χ4v) is 2.65. The highest BCUT2D eigenvalue weighted by Gasteiger charge is 2.48. The minimum atomic E-state index is -0.382. The molecule has 1 aliphatic heterocycles. The molecule has 1 aliphatic rings. The molecule has 0 aliphatic carbocycles. The van der Waals surface area contributed by atoms with Crippen molar-refractivity contribution in [1.82, 2.24) is 4.98 Å². The average Bonchev–Trinajstić information content (AvgIpc) is 2.58. The van der Waals surface area contributed by atoms with E-state index < -0.39 is 0 Å². The van der Waals surface area contributed by atoms with E-state index in [1.54, 1.807) is 6.20 Å². The number of carbonyl (C=O) groups is 1. The van der Waals surface area contributed by atoms with E-state index >= 15 is 0 Å². The summed E-state index contributed by atoms with van der Waals surface area (Å²) in [5.41, 5.74) is 1.58. The van der Waals surface area contributed by atoms with Crippen LogP contribution in [0.2, 0.25) is 0 Å². The first-order valence-corrected chi connectivity index (χ1v) is 5.98. The number of likely N-dealkylation sites (N-methyl/N-ethyl adjacent to an activating group) is 1. The van der Waals surface area contributed by atoms with E-state index in [2.05, 4.69) is 18.8 Å². The Balaban J connectivity index is 2.63. The van der Waals surface area contributed by atoms with Crippen LogP contribution in [0.25, 0.3) is 0 Å². The summed E-state index contributed by atoms with van der Waals surface area (Å²) >= 11 is 0. The maximum Gasteiger partial charge on any atom is 0.239 e. The Morgan fingerprint density at radius 1 is 1.31 bits per heavy atom. The number of pyridine rings is 1. The second-order valence-electron chi connectivity index (χ2n) is 4.21. The van der Waals surface area contributed by atoms with Gasteiger partial charge in [0.05, 0.1) is 16.8 Å². The molecule has 0 N–H and O–H groups in total. The van der Waals surface area contributed by atoms with Crippen molar-refractivity contribution in [3.05, 3.63) is 24.0 Å². The highest BCUT2D eigenvalue weighted by Crippen LogP contribution is 2.44. The maximum absolute atomic E-state index is 12.5. The molecule has 0 aromatic carbocycles. The minimum absolute atomic E-state index is 0.216. The molecule has 0 spiro atoms. The van der Waals surface area contributed by atoms with E-state index in [1.807, 2.05) is 24.0 Å². The molecule has 1 aromatic rings. The largest absolute Gasteiger partial charge is 0.310 e. The number of aromatic nitrogens is 1. The number of hydrogen-bond donors (Lipinski definition) is 0. The highest BCUT2D eigenvalue weighted by molar-refractivity contribution is 6.07. The van der Waals surface area contributed by atoms with Crippen molar-refractivity contribution in [3.8, 4) is 0 Å². The third-order valence-electron chi connectivity index (χ3n) is 3.71. The van der Waals surface area contributed by atoms with Crippen LogP contribution in [0.15, 0.2) is 18.3 Å². The van der Waals surface area contributed by atoms with E-state index in [0.717, 1.165) is 30.8 Å². The van der Waals surface area contributed by atoms with Crippen molar-refractivity contribution in [2.24, 2.45) is 0 Å². The Hall–Kier alpha value is -1.38. The van der Waals surface area contributed by atoms with Crippen LogP contribution in [0, 0.1) is 0 Å². The molecule has 3 heteroatoms. The quantitative estimate of drug-likeness (QED) is 0.781. The first kappa shape index (κ1) is 11.1. The van der Waals surface area contributed by atoms with Crippen molar-refractivity contribution in [2.45, 2.75) is 39.0 Å². The standard InChI is InChI=1S/C13H18N2O/c1-4-13(5-2)11-10(8-7-9-14-11)15(6-3)12(13)16/h7-9H,4-6H2,1-3H3. The number of hydrogen-bond acceptors (Lipinski definition) is 2. The summed E-state index contributed by atoms with van der Waals surface area (Å²) in [7, 11) is 0. The van der Waals surface area contributed by atoms with Crippen LogP contribution in [0.4, 0.5) is 5.69 Å². The molecule has 0 saturated heterocycles. The molecule has 0 atom stereocenters. The summed E-state index contributed by atoms with van der Waals surface area (Å²) in [6.07, 6.45) is 3.43. The summed E-state index contributed by atoms with van der Waals surface area (Å²) in [6.45, 7) is 6.87. The van der Waals surface area contributed by atoms with Gasteiger partial charge in [-0.1, -0.05) is 13.8 Å². The molecule has 0 fully saturated rings. The Morgan fingerprint density at radius 3 is 2.56 bits per heavy atom. The lowest BCUT2D eigenvalue weighted by atomic mass is 9.80. The molecule has 0 radical (unpaired) electrons. The van der Waals surface area contributed by atoms with Crippen LogP contribution >= 0.6 is 0 Å². The van der Waals surface area contributed by atoms with E-state index in [1.165, 1.54) is 0 Å². The van der Waals surface area contributed by atoms with Gasteiger partial charge in [0, 0.05) is 12.7 Å². The molecule has 86 valence electrons. The Labute approximate surface area is 96.5 Å². The second kappa shape index (κ2) is 3.89. The summed E-state index contributed by atoms with van der Waals surface area (Å²) in [5, 5.41) is 0. The van der Waals surface area contributed by atoms with Gasteiger partial charge in [0.15, 0.2) is 0 Å². The molecule has 2 rings (SSSR count). The number of anilines is 1. The topological polar surface area (TPSA) is 33.2 Å². The Morgan fingerprint density at radius 2 is 2.00 bits per heavy atom. The highest BCUT2D eigenvalue weighted by atomic mass is 16.2. The van der Waals surface area contributed by atoms with Gasteiger partial charge in [-0.15, -0.1) is 0 Å². The molecular formula is C13H18N2O. The van der Waals surface area contributed by atoms with E-state index in [0.29, 0.717) is 0 Å². The minimum Gasteiger partial charge on any atom is -0.310 e. The zero-order valence-electron chi connectivity index (χ0n) is 10.2. The molecule has 0 bridgehead atoms. The molecular weight excluding hydrogens is 200 g/mol. The smallest absolute Gasteiger partial charge is 0.239 e. The lowest BCUT2D eigenvalue weighted by Crippen LogP contribution is -2.39. The van der Waals surface area contributed by atoms with Crippen molar-refractivity contribution in [2.75, 3.05) is 11.4 Å². The van der Waals surface area contributed by atoms with Crippen LogP contribution < -0.4 is 4.90 Å². The number of carbonyl (C=O) groups excluding carboxylic acids is 1. The van der Waals surface area contributed by atoms with Gasteiger partial charge in [-0.05, 0) is 31.9 Å². The zero-order chi connectivity index (χ0) is 11.8. The number of fused-ring (bicyclic) bond motifs is 1. The first-order valence-electron chi connectivity index (χ1n) is 5.98. The molecule has 16 heavy (non-hydrogen) atoms. The van der Waals surface area contributed by atoms with E-state index in [-0.39, 0.29) is 11.3 Å². The Bertz CT molecular complexity index is 410. The maximum atomic E-state index is 12.5. The lowest BCUT2D eigenvalue weighted by molar-refractivity contribution is -0.123. The van der Waals surface area contributed by atoms with Gasteiger partial charge in [-0.3, -0.25) is 9.78 Å². The van der Waals surface area contributed by atoms with Crippen molar-refractivity contribution < 1.29 is 4.79 Å². The second-order valence-corrected chi connectivity index (χ2v) is 4.21. The molecule has 2 heterocycles. The van der Waals surface area contributed by atoms with Crippen LogP contribution in [-0.4, -0.2) is 17.4 Å². The van der Waals surface area contributed by atoms with Gasteiger partial charge in [0.1, 0.15) is 0 Å². The van der Waals surface area contributed by atoms with E-state index in [9.17, 15) is 4.79 Å². The average molecular weight is 218 g/mol. The van der Waals surface area contributed by atoms with Gasteiger partial charge in [-0.25, -0.2) is 0 Å². The summed E-state index contributed by atoms with van der Waals surface area (Å²) in [6, 6.07) is 3.90. The van der Waals surface area contributed by atoms with Gasteiger partial charge in [0.25, 0.3) is 0 Å². The van der Waals surface area contributed by atoms with Gasteiger partial charge < -0.3 is 4.90 Å². The normalized spacial score (nSPS) is 17.7. The fourth-order valence-electron chi connectivity index (χ4n) is 2.65. The summed E-state index contributed by atoms with van der Waals surface area (Å²) in [5.74, 6) is 0.216. The monoisotopic (exact) mass is 218 g/mol. The molecule has 3 nitrogen and oxygen atoms in total. The third kappa shape index (κ3) is 1.20. The van der Waals surface area contributed by atoms with Crippen LogP contribution in [-0.2, 0) is 10.2 Å². The number of nitrogens with zero attached hydrogens (tertiary/aromatic N) is 2. The lowest BCUT2D eigenvalue weighted by Gasteiger charge is -2.24. The van der Waals surface area contributed by atoms with Gasteiger partial charge in [-0.2, -0.15) is 0 Å². The first-order chi connectivity index (χ1) is 7.71. The van der Waals surface area contributed by atoms with E-state index in [4.69, 9.17) is 0 Å². The fraction of sp³-hybridized carbons (Fsp3) is 0.538. The predicted molar refractivity (Wildman–Crippen MR) is 64.5 cm³/mol. The number of rotatable bonds is 3. The summed E-state index contributed by atoms with van der Waals surface area (Å²) < 4.78 is 0. The predicted octanol–water partition coefficient (Wildman–Crippen LogP) is 2.51. The van der Waals surface area contributed by atoms with Gasteiger partial charge >= 0.3 is 0 Å². The molecule has 1 aromatic heterocycles. The Kier molecular flexibility index (Phi) is 2.70. The van der Waals surface area contributed by atoms with Crippen LogP contribution in [0.1, 0.15) is 39.3 Å². The SMILES string of the molecule is CCN1C(=O)C(CC)(CC)c2ncccc21. The summed E-state index contributed by atoms with van der Waals surface area (Å²) in [4.78, 5) is 18.8. The van der Waals surface area contributed by atoms with Crippen molar-refractivity contribution in [3.63, 3.8) is 0 Å². The van der Waals surface area contributed by atoms with Crippen LogP contribution in [0.5, 0.6) is 0 Å². The van der Waals surface area contributed by atoms with Gasteiger partial charge in [0.2, 0.25) is 5.91 Å². The molecule has 0 unspecified atom stereocenters.